The van der Waals surface area contributed by atoms with Gasteiger partial charge in [0.25, 0.3) is 0 Å². The second-order valence-corrected chi connectivity index (χ2v) is 4.20. The summed E-state index contributed by atoms with van der Waals surface area (Å²) in [4.78, 5) is 4.43. The van der Waals surface area contributed by atoms with Crippen molar-refractivity contribution in [2.45, 2.75) is 6.04 Å². The molecule has 0 fully saturated rings. The highest BCUT2D eigenvalue weighted by Crippen LogP contribution is 2.27. The highest BCUT2D eigenvalue weighted by Gasteiger charge is 2.28. The van der Waals surface area contributed by atoms with Gasteiger partial charge in [-0.25, -0.2) is 4.39 Å². The number of halogens is 1. The molecule has 0 aromatic heterocycles. The number of thioether (sulfide) groups is 1. The summed E-state index contributed by atoms with van der Waals surface area (Å²) in [6, 6.07) is 6.29. The molecule has 1 atom stereocenters. The Morgan fingerprint density at radius 1 is 1.20 bits per heavy atom. The van der Waals surface area contributed by atoms with Gasteiger partial charge in [-0.15, -0.1) is 5.10 Å². The van der Waals surface area contributed by atoms with E-state index in [0.717, 1.165) is 15.7 Å². The van der Waals surface area contributed by atoms with Crippen molar-refractivity contribution < 1.29 is 4.39 Å². The zero-order valence-electron chi connectivity index (χ0n) is 7.59. The van der Waals surface area contributed by atoms with Crippen LogP contribution in [-0.2, 0) is 0 Å². The smallest absolute Gasteiger partial charge is 0.138 e. The van der Waals surface area contributed by atoms with Crippen LogP contribution in [0.4, 0.5) is 4.39 Å². The number of benzene rings is 1. The molecule has 3 rings (SSSR count). The van der Waals surface area contributed by atoms with E-state index in [0.29, 0.717) is 0 Å². The van der Waals surface area contributed by atoms with E-state index < -0.39 is 0 Å². The van der Waals surface area contributed by atoms with Gasteiger partial charge in [0.1, 0.15) is 21.9 Å². The molecular formula is C10H6FN3S. The van der Waals surface area contributed by atoms with Crippen LogP contribution < -0.4 is 0 Å². The SMILES string of the molecule is Fc1ccc(C2=N[C@@H]3C=NN=C3S2)cc1. The molecule has 0 amide bonds. The van der Waals surface area contributed by atoms with Gasteiger partial charge in [-0.2, -0.15) is 5.10 Å². The summed E-state index contributed by atoms with van der Waals surface area (Å²) in [5.41, 5.74) is 0.923. The summed E-state index contributed by atoms with van der Waals surface area (Å²) in [6.07, 6.45) is 1.71. The maximum Gasteiger partial charge on any atom is 0.138 e. The van der Waals surface area contributed by atoms with Crippen molar-refractivity contribution in [2.24, 2.45) is 15.2 Å². The molecule has 74 valence electrons. The summed E-state index contributed by atoms with van der Waals surface area (Å²) in [5.74, 6) is -0.235. The number of hydrogen-bond acceptors (Lipinski definition) is 4. The minimum Gasteiger partial charge on any atom is -0.261 e. The van der Waals surface area contributed by atoms with E-state index in [1.165, 1.54) is 23.9 Å². The van der Waals surface area contributed by atoms with Gasteiger partial charge in [0.15, 0.2) is 0 Å². The van der Waals surface area contributed by atoms with Gasteiger partial charge in [0.05, 0.1) is 6.21 Å². The van der Waals surface area contributed by atoms with E-state index in [9.17, 15) is 4.39 Å². The first kappa shape index (κ1) is 8.79. The summed E-state index contributed by atoms with van der Waals surface area (Å²) in [5, 5.41) is 9.51. The van der Waals surface area contributed by atoms with Crippen LogP contribution in [-0.4, -0.2) is 22.3 Å². The van der Waals surface area contributed by atoms with Crippen LogP contribution in [0.2, 0.25) is 0 Å². The molecule has 2 heterocycles. The van der Waals surface area contributed by atoms with E-state index >= 15 is 0 Å². The molecular weight excluding hydrogens is 213 g/mol. The van der Waals surface area contributed by atoms with Crippen LogP contribution in [0.1, 0.15) is 5.56 Å². The normalized spacial score (nSPS) is 22.6. The van der Waals surface area contributed by atoms with Gasteiger partial charge in [0.2, 0.25) is 0 Å². The third-order valence-corrected chi connectivity index (χ3v) is 3.23. The van der Waals surface area contributed by atoms with E-state index in [4.69, 9.17) is 0 Å². The first-order valence-corrected chi connectivity index (χ1v) is 5.27. The van der Waals surface area contributed by atoms with Crippen molar-refractivity contribution in [3.63, 3.8) is 0 Å². The predicted octanol–water partition coefficient (Wildman–Crippen LogP) is 2.09. The minimum atomic E-state index is -0.235. The Morgan fingerprint density at radius 2 is 2.00 bits per heavy atom. The average Bonchev–Trinajstić information content (AvgIpc) is 2.78. The fourth-order valence-corrected chi connectivity index (χ4v) is 2.36. The number of rotatable bonds is 1. The Balaban J connectivity index is 1.94. The van der Waals surface area contributed by atoms with E-state index in [1.54, 1.807) is 18.3 Å². The largest absolute Gasteiger partial charge is 0.261 e. The lowest BCUT2D eigenvalue weighted by molar-refractivity contribution is 0.628. The van der Waals surface area contributed by atoms with Crippen LogP contribution in [0.3, 0.4) is 0 Å². The van der Waals surface area contributed by atoms with Crippen molar-refractivity contribution >= 4 is 28.1 Å². The maximum atomic E-state index is 12.7. The topological polar surface area (TPSA) is 37.1 Å². The van der Waals surface area contributed by atoms with Gasteiger partial charge in [-0.3, -0.25) is 4.99 Å². The fourth-order valence-electron chi connectivity index (χ4n) is 1.42. The zero-order chi connectivity index (χ0) is 10.3. The van der Waals surface area contributed by atoms with Crippen LogP contribution in [0.15, 0.2) is 39.5 Å². The number of nitrogens with zero attached hydrogens (tertiary/aromatic N) is 3. The number of fused-ring (bicyclic) bond motifs is 1. The zero-order valence-corrected chi connectivity index (χ0v) is 8.41. The summed E-state index contributed by atoms with van der Waals surface area (Å²) < 4.78 is 12.7. The molecule has 0 N–H and O–H groups in total. The van der Waals surface area contributed by atoms with Gasteiger partial charge in [-0.1, -0.05) is 0 Å². The molecule has 0 bridgehead atoms. The van der Waals surface area contributed by atoms with Gasteiger partial charge in [0, 0.05) is 5.56 Å². The Hall–Kier alpha value is -1.49. The summed E-state index contributed by atoms with van der Waals surface area (Å²) in [6.45, 7) is 0. The van der Waals surface area contributed by atoms with Gasteiger partial charge in [-0.05, 0) is 36.0 Å². The highest BCUT2D eigenvalue weighted by atomic mass is 32.2. The quantitative estimate of drug-likeness (QED) is 0.712. The molecule has 0 spiro atoms. The third-order valence-electron chi connectivity index (χ3n) is 2.17. The third kappa shape index (κ3) is 1.48. The maximum absolute atomic E-state index is 12.7. The molecule has 0 radical (unpaired) electrons. The van der Waals surface area contributed by atoms with Crippen molar-refractivity contribution in [3.05, 3.63) is 35.6 Å². The second kappa shape index (κ2) is 3.27. The molecule has 15 heavy (non-hydrogen) atoms. The molecule has 0 unspecified atom stereocenters. The molecule has 0 aliphatic carbocycles. The lowest BCUT2D eigenvalue weighted by Gasteiger charge is -1.97. The Kier molecular flexibility index (Phi) is 1.92. The van der Waals surface area contributed by atoms with Crippen molar-refractivity contribution in [2.75, 3.05) is 0 Å². The number of aliphatic imine (C=N–C) groups is 1. The standard InChI is InChI=1S/C10H6FN3S/c11-7-3-1-6(2-4-7)9-13-8-5-12-14-10(8)15-9/h1-5,8H/t8-/m1/s1. The van der Waals surface area contributed by atoms with E-state index in [-0.39, 0.29) is 11.9 Å². The molecule has 3 nitrogen and oxygen atoms in total. The molecule has 1 aromatic rings. The highest BCUT2D eigenvalue weighted by molar-refractivity contribution is 8.27. The van der Waals surface area contributed by atoms with Crippen molar-refractivity contribution in [1.29, 1.82) is 0 Å². The minimum absolute atomic E-state index is 0.0185. The fraction of sp³-hybridized carbons (Fsp3) is 0.100. The molecule has 0 saturated carbocycles. The van der Waals surface area contributed by atoms with Gasteiger partial charge < -0.3 is 0 Å². The lowest BCUT2D eigenvalue weighted by atomic mass is 10.2. The Morgan fingerprint density at radius 3 is 2.73 bits per heavy atom. The lowest BCUT2D eigenvalue weighted by Crippen LogP contribution is -2.06. The van der Waals surface area contributed by atoms with E-state index in [1.807, 2.05) is 0 Å². The molecule has 5 heteroatoms. The molecule has 1 aromatic carbocycles. The monoisotopic (exact) mass is 219 g/mol. The average molecular weight is 219 g/mol. The summed E-state index contributed by atoms with van der Waals surface area (Å²) in [7, 11) is 0. The van der Waals surface area contributed by atoms with Crippen LogP contribution in [0, 0.1) is 5.82 Å². The molecule has 0 saturated heterocycles. The molecule has 2 aliphatic heterocycles. The van der Waals surface area contributed by atoms with Crippen LogP contribution in [0.25, 0.3) is 0 Å². The van der Waals surface area contributed by atoms with E-state index in [2.05, 4.69) is 15.2 Å². The first-order valence-electron chi connectivity index (χ1n) is 4.45. The van der Waals surface area contributed by atoms with Crippen molar-refractivity contribution in [1.82, 2.24) is 0 Å². The van der Waals surface area contributed by atoms with Gasteiger partial charge >= 0.3 is 0 Å². The Bertz CT molecular complexity index is 490. The van der Waals surface area contributed by atoms with Crippen LogP contribution in [0.5, 0.6) is 0 Å². The first-order chi connectivity index (χ1) is 7.33. The molecule has 2 aliphatic rings. The van der Waals surface area contributed by atoms with Crippen molar-refractivity contribution in [3.8, 4) is 0 Å². The Labute approximate surface area is 89.8 Å². The second-order valence-electron chi connectivity index (χ2n) is 3.19. The predicted molar refractivity (Wildman–Crippen MR) is 60.2 cm³/mol. The summed E-state index contributed by atoms with van der Waals surface area (Å²) >= 11 is 1.49. The van der Waals surface area contributed by atoms with Crippen LogP contribution >= 0.6 is 11.8 Å². The number of hydrogen-bond donors (Lipinski definition) is 0.